The SMILES string of the molecule is Oc1cc(-c2ncc3c(N4CC5CC(O)C(C5)C4)nc(OC[C@@]45CCCN4C[C@H](F)C5)nc3c2F)c2c(F)c(F)ccc2c1. The van der Waals surface area contributed by atoms with Gasteiger partial charge in [0.2, 0.25) is 0 Å². The van der Waals surface area contributed by atoms with Crippen LogP contribution in [0.3, 0.4) is 0 Å². The highest BCUT2D eigenvalue weighted by Crippen LogP contribution is 2.43. The zero-order valence-electron chi connectivity index (χ0n) is 23.8. The first-order chi connectivity index (χ1) is 21.2. The van der Waals surface area contributed by atoms with E-state index in [1.807, 2.05) is 4.90 Å². The number of phenols is 1. The molecule has 44 heavy (non-hydrogen) atoms. The summed E-state index contributed by atoms with van der Waals surface area (Å²) in [4.78, 5) is 17.6. The van der Waals surface area contributed by atoms with Crippen molar-refractivity contribution in [3.05, 3.63) is 47.9 Å². The number of aromatic hydroxyl groups is 1. The molecule has 8 rings (SSSR count). The molecule has 0 radical (unpaired) electrons. The number of fused-ring (bicyclic) bond motifs is 5. The molecule has 0 spiro atoms. The molecule has 3 aliphatic heterocycles. The molecular formula is C32H31F4N5O3. The van der Waals surface area contributed by atoms with Crippen molar-refractivity contribution in [1.29, 1.82) is 0 Å². The number of aliphatic hydroxyl groups is 1. The van der Waals surface area contributed by atoms with Crippen LogP contribution < -0.4 is 9.64 Å². The van der Waals surface area contributed by atoms with Gasteiger partial charge in [0, 0.05) is 49.1 Å². The highest BCUT2D eigenvalue weighted by molar-refractivity contribution is 6.00. The number of rotatable bonds is 5. The van der Waals surface area contributed by atoms with Crippen molar-refractivity contribution in [3.8, 4) is 23.0 Å². The summed E-state index contributed by atoms with van der Waals surface area (Å²) in [6, 6.07) is 4.58. The van der Waals surface area contributed by atoms with Crippen molar-refractivity contribution >= 4 is 27.5 Å². The van der Waals surface area contributed by atoms with Crippen molar-refractivity contribution in [3.63, 3.8) is 0 Å². The molecule has 2 bridgehead atoms. The summed E-state index contributed by atoms with van der Waals surface area (Å²) in [6.45, 7) is 2.39. The van der Waals surface area contributed by atoms with Crippen molar-refractivity contribution in [2.75, 3.05) is 37.7 Å². The van der Waals surface area contributed by atoms with E-state index in [0.29, 0.717) is 43.7 Å². The van der Waals surface area contributed by atoms with Gasteiger partial charge in [0.05, 0.1) is 17.0 Å². The van der Waals surface area contributed by atoms with E-state index < -0.39 is 35.3 Å². The summed E-state index contributed by atoms with van der Waals surface area (Å²) in [5.74, 6) is -2.78. The molecular weight excluding hydrogens is 578 g/mol. The quantitative estimate of drug-likeness (QED) is 0.301. The molecule has 3 unspecified atom stereocenters. The number of alkyl halides is 1. The third-order valence-corrected chi connectivity index (χ3v) is 10.1. The third kappa shape index (κ3) is 4.36. The van der Waals surface area contributed by atoms with Crippen LogP contribution in [0.4, 0.5) is 23.4 Å². The van der Waals surface area contributed by atoms with E-state index in [-0.39, 0.29) is 57.7 Å². The van der Waals surface area contributed by atoms with Crippen LogP contribution in [-0.4, -0.2) is 80.7 Å². The number of nitrogens with zero attached hydrogens (tertiary/aromatic N) is 5. The largest absolute Gasteiger partial charge is 0.508 e. The van der Waals surface area contributed by atoms with Crippen LogP contribution in [0.15, 0.2) is 30.5 Å². The van der Waals surface area contributed by atoms with Gasteiger partial charge in [-0.25, -0.2) is 17.6 Å². The zero-order valence-corrected chi connectivity index (χ0v) is 23.8. The number of ether oxygens (including phenoxy) is 1. The number of anilines is 1. The predicted molar refractivity (Wildman–Crippen MR) is 155 cm³/mol. The predicted octanol–water partition coefficient (Wildman–Crippen LogP) is 5.13. The van der Waals surface area contributed by atoms with Crippen LogP contribution in [-0.2, 0) is 0 Å². The second-order valence-electron chi connectivity index (χ2n) is 12.9. The Kier molecular flexibility index (Phi) is 6.39. The molecule has 1 aliphatic carbocycles. The topological polar surface area (TPSA) is 94.8 Å². The van der Waals surface area contributed by atoms with E-state index in [9.17, 15) is 19.0 Å². The Hall–Kier alpha value is -3.77. The fraction of sp³-hybridized carbons (Fsp3) is 0.469. The van der Waals surface area contributed by atoms with E-state index in [1.165, 1.54) is 18.3 Å². The molecule has 2 aromatic carbocycles. The number of pyridine rings is 1. The standard InChI is InChI=1S/C32H31F4N5O3/c33-19-10-32(4-1-5-41(32)14-19)15-44-31-38-29-22(30(39-31)40-12-16-6-18(13-40)24(43)7-16)11-37-28(27(29)36)21-9-20(42)8-17-2-3-23(34)26(35)25(17)21/h2-3,8-9,11,16,18-19,24,42-43H,1,4-7,10,12-15H2/t16?,18?,19-,24?,32+/m1/s1. The first-order valence-electron chi connectivity index (χ1n) is 15.1. The van der Waals surface area contributed by atoms with Gasteiger partial charge in [-0.15, -0.1) is 0 Å². The molecule has 1 saturated carbocycles. The van der Waals surface area contributed by atoms with Gasteiger partial charge in [0.15, 0.2) is 17.5 Å². The number of phenolic OH excluding ortho intramolecular Hbond substituents is 1. The number of benzene rings is 2. The lowest BCUT2D eigenvalue weighted by atomic mass is 9.95. The zero-order chi connectivity index (χ0) is 30.3. The molecule has 5 atom stereocenters. The lowest BCUT2D eigenvalue weighted by Crippen LogP contribution is -2.43. The van der Waals surface area contributed by atoms with E-state index in [2.05, 4.69) is 14.9 Å². The number of hydrogen-bond donors (Lipinski definition) is 2. The van der Waals surface area contributed by atoms with Gasteiger partial charge in [-0.1, -0.05) is 6.07 Å². The third-order valence-electron chi connectivity index (χ3n) is 10.1. The van der Waals surface area contributed by atoms with Gasteiger partial charge in [0.1, 0.15) is 35.6 Å². The number of aliphatic hydroxyl groups excluding tert-OH is 1. The average Bonchev–Trinajstić information content (AvgIpc) is 3.61. The molecule has 2 aromatic heterocycles. The van der Waals surface area contributed by atoms with Crippen molar-refractivity contribution in [1.82, 2.24) is 19.9 Å². The Morgan fingerprint density at radius 1 is 1.05 bits per heavy atom. The lowest BCUT2D eigenvalue weighted by molar-refractivity contribution is 0.107. The van der Waals surface area contributed by atoms with Gasteiger partial charge in [-0.2, -0.15) is 9.97 Å². The first-order valence-corrected chi connectivity index (χ1v) is 15.1. The van der Waals surface area contributed by atoms with E-state index in [4.69, 9.17) is 9.72 Å². The van der Waals surface area contributed by atoms with Gasteiger partial charge in [-0.3, -0.25) is 9.88 Å². The Balaban J connectivity index is 1.26. The van der Waals surface area contributed by atoms with E-state index in [1.54, 1.807) is 0 Å². The van der Waals surface area contributed by atoms with Crippen LogP contribution in [0.1, 0.15) is 32.1 Å². The molecule has 2 N–H and O–H groups in total. The summed E-state index contributed by atoms with van der Waals surface area (Å²) < 4.78 is 66.5. The molecule has 12 heteroatoms. The number of aromatic nitrogens is 3. The molecule has 4 fully saturated rings. The van der Waals surface area contributed by atoms with Gasteiger partial charge < -0.3 is 19.8 Å². The van der Waals surface area contributed by atoms with Crippen molar-refractivity contribution in [2.24, 2.45) is 11.8 Å². The van der Waals surface area contributed by atoms with E-state index in [0.717, 1.165) is 37.9 Å². The Bertz CT molecular complexity index is 1810. The number of piperidine rings is 1. The van der Waals surface area contributed by atoms with Crippen LogP contribution in [0, 0.1) is 29.3 Å². The fourth-order valence-electron chi connectivity index (χ4n) is 8.13. The minimum absolute atomic E-state index is 0.0441. The lowest BCUT2D eigenvalue weighted by Gasteiger charge is -2.34. The molecule has 0 amide bonds. The fourth-order valence-corrected chi connectivity index (χ4v) is 8.13. The second kappa shape index (κ2) is 10.1. The van der Waals surface area contributed by atoms with Crippen LogP contribution >= 0.6 is 0 Å². The van der Waals surface area contributed by atoms with Gasteiger partial charge in [0.25, 0.3) is 0 Å². The molecule has 5 heterocycles. The first kappa shape index (κ1) is 27.8. The average molecular weight is 610 g/mol. The molecule has 4 aromatic rings. The van der Waals surface area contributed by atoms with E-state index >= 15 is 8.78 Å². The van der Waals surface area contributed by atoms with Crippen LogP contribution in [0.25, 0.3) is 32.9 Å². The maximum atomic E-state index is 16.6. The second-order valence-corrected chi connectivity index (χ2v) is 12.9. The summed E-state index contributed by atoms with van der Waals surface area (Å²) in [6.07, 6.45) is 3.65. The summed E-state index contributed by atoms with van der Waals surface area (Å²) in [5, 5.41) is 21.2. The molecule has 8 nitrogen and oxygen atoms in total. The Morgan fingerprint density at radius 3 is 2.75 bits per heavy atom. The minimum atomic E-state index is -1.18. The van der Waals surface area contributed by atoms with Crippen molar-refractivity contribution in [2.45, 2.75) is 49.9 Å². The minimum Gasteiger partial charge on any atom is -0.508 e. The monoisotopic (exact) mass is 609 g/mol. The van der Waals surface area contributed by atoms with Crippen LogP contribution in [0.5, 0.6) is 11.8 Å². The number of hydrogen-bond acceptors (Lipinski definition) is 8. The molecule has 230 valence electrons. The summed E-state index contributed by atoms with van der Waals surface area (Å²) in [5.41, 5.74) is -1.05. The highest BCUT2D eigenvalue weighted by Gasteiger charge is 2.49. The maximum Gasteiger partial charge on any atom is 0.319 e. The molecule has 4 aliphatic rings. The smallest absolute Gasteiger partial charge is 0.319 e. The van der Waals surface area contributed by atoms with Crippen LogP contribution in [0.2, 0.25) is 0 Å². The van der Waals surface area contributed by atoms with Gasteiger partial charge in [-0.05, 0) is 61.7 Å². The normalized spacial score (nSPS) is 28.3. The Labute approximate surface area is 250 Å². The van der Waals surface area contributed by atoms with Gasteiger partial charge >= 0.3 is 6.01 Å². The summed E-state index contributed by atoms with van der Waals surface area (Å²) >= 11 is 0. The number of halogens is 4. The van der Waals surface area contributed by atoms with Crippen molar-refractivity contribution < 1.29 is 32.5 Å². The molecule has 3 saturated heterocycles. The Morgan fingerprint density at radius 2 is 1.91 bits per heavy atom. The highest BCUT2D eigenvalue weighted by atomic mass is 19.2. The summed E-state index contributed by atoms with van der Waals surface area (Å²) in [7, 11) is 0. The maximum absolute atomic E-state index is 16.6.